The summed E-state index contributed by atoms with van der Waals surface area (Å²) in [5.41, 5.74) is 2.94. The first-order valence-corrected chi connectivity index (χ1v) is 8.01. The second-order valence-electron chi connectivity index (χ2n) is 5.22. The van der Waals surface area contributed by atoms with Crippen molar-refractivity contribution in [3.05, 3.63) is 80.7 Å². The van der Waals surface area contributed by atoms with E-state index in [-0.39, 0.29) is 5.56 Å². The van der Waals surface area contributed by atoms with E-state index in [4.69, 9.17) is 0 Å². The second-order valence-corrected chi connectivity index (χ2v) is 6.14. The minimum atomic E-state index is -0.121. The van der Waals surface area contributed by atoms with Gasteiger partial charge in [0.2, 0.25) is 0 Å². The average molecular weight is 370 g/mol. The van der Waals surface area contributed by atoms with Crippen LogP contribution >= 0.6 is 15.9 Å². The molecule has 4 nitrogen and oxygen atoms in total. The van der Waals surface area contributed by atoms with Gasteiger partial charge in [0.15, 0.2) is 5.69 Å². The van der Waals surface area contributed by atoms with Gasteiger partial charge in [-0.25, -0.2) is 9.67 Å². The van der Waals surface area contributed by atoms with Gasteiger partial charge < -0.3 is 0 Å². The second kappa shape index (κ2) is 6.38. The molecule has 23 heavy (non-hydrogen) atoms. The van der Waals surface area contributed by atoms with Crippen molar-refractivity contribution in [2.75, 3.05) is 0 Å². The zero-order chi connectivity index (χ0) is 16.4. The zero-order valence-corrected chi connectivity index (χ0v) is 14.5. The number of nitrogens with zero attached hydrogens (tertiary/aromatic N) is 3. The van der Waals surface area contributed by atoms with Crippen LogP contribution < -0.4 is 5.56 Å². The summed E-state index contributed by atoms with van der Waals surface area (Å²) < 4.78 is 4.46. The molecule has 0 saturated heterocycles. The molecule has 0 aliphatic heterocycles. The van der Waals surface area contributed by atoms with Crippen molar-refractivity contribution in [3.63, 3.8) is 0 Å². The smallest absolute Gasteiger partial charge is 0.283 e. The SMILES string of the molecule is Cc1c(N=Cc2ccc(Br)cc2)c(=O)n(-c2ccccc2)n1C. The number of hydrogen-bond acceptors (Lipinski definition) is 2. The highest BCUT2D eigenvalue weighted by atomic mass is 79.9. The average Bonchev–Trinajstić information content (AvgIpc) is 2.78. The van der Waals surface area contributed by atoms with Crippen LogP contribution in [0.1, 0.15) is 11.3 Å². The summed E-state index contributed by atoms with van der Waals surface area (Å²) in [6.45, 7) is 1.90. The lowest BCUT2D eigenvalue weighted by Gasteiger charge is -2.07. The lowest BCUT2D eigenvalue weighted by atomic mass is 10.2. The van der Waals surface area contributed by atoms with Crippen LogP contribution in [0.2, 0.25) is 0 Å². The Hall–Kier alpha value is -2.40. The van der Waals surface area contributed by atoms with Crippen LogP contribution in [0.15, 0.2) is 68.9 Å². The topological polar surface area (TPSA) is 39.3 Å². The normalized spacial score (nSPS) is 11.3. The molecular formula is C18H16BrN3O. The molecule has 1 aromatic heterocycles. The molecule has 1 heterocycles. The summed E-state index contributed by atoms with van der Waals surface area (Å²) in [5, 5.41) is 0. The van der Waals surface area contributed by atoms with E-state index in [1.807, 2.05) is 73.3 Å². The van der Waals surface area contributed by atoms with Crippen LogP contribution in [-0.4, -0.2) is 15.6 Å². The molecule has 0 fully saturated rings. The van der Waals surface area contributed by atoms with Gasteiger partial charge in [0, 0.05) is 17.7 Å². The Morgan fingerprint density at radius 2 is 1.70 bits per heavy atom. The van der Waals surface area contributed by atoms with Crippen LogP contribution in [0.3, 0.4) is 0 Å². The predicted octanol–water partition coefficient (Wildman–Crippen LogP) is 4.00. The number of para-hydroxylation sites is 1. The van der Waals surface area contributed by atoms with Gasteiger partial charge >= 0.3 is 0 Å². The Kier molecular flexibility index (Phi) is 4.30. The van der Waals surface area contributed by atoms with Crippen LogP contribution in [0.4, 0.5) is 5.69 Å². The van der Waals surface area contributed by atoms with Crippen molar-refractivity contribution in [2.24, 2.45) is 12.0 Å². The Balaban J connectivity index is 2.04. The highest BCUT2D eigenvalue weighted by molar-refractivity contribution is 9.10. The Morgan fingerprint density at radius 1 is 1.04 bits per heavy atom. The molecular weight excluding hydrogens is 354 g/mol. The highest BCUT2D eigenvalue weighted by Crippen LogP contribution is 2.17. The lowest BCUT2D eigenvalue weighted by Crippen LogP contribution is -2.19. The fourth-order valence-corrected chi connectivity index (χ4v) is 2.66. The molecule has 0 N–H and O–H groups in total. The van der Waals surface area contributed by atoms with E-state index in [2.05, 4.69) is 20.9 Å². The van der Waals surface area contributed by atoms with Crippen LogP contribution in [0.5, 0.6) is 0 Å². The Morgan fingerprint density at radius 3 is 2.35 bits per heavy atom. The lowest BCUT2D eigenvalue weighted by molar-refractivity contribution is 0.630. The molecule has 116 valence electrons. The summed E-state index contributed by atoms with van der Waals surface area (Å²) >= 11 is 3.40. The molecule has 0 bridgehead atoms. The standard InChI is InChI=1S/C18H16BrN3O/c1-13-17(20-12-14-8-10-15(19)11-9-14)18(23)22(21(13)2)16-6-4-3-5-7-16/h3-12H,1-2H3. The third kappa shape index (κ3) is 3.05. The molecule has 3 aromatic rings. The maximum absolute atomic E-state index is 12.7. The Bertz CT molecular complexity index is 906. The highest BCUT2D eigenvalue weighted by Gasteiger charge is 2.14. The van der Waals surface area contributed by atoms with Gasteiger partial charge in [-0.05, 0) is 36.8 Å². The molecule has 3 rings (SSSR count). The van der Waals surface area contributed by atoms with Gasteiger partial charge in [-0.15, -0.1) is 0 Å². The van der Waals surface area contributed by atoms with Gasteiger partial charge in [-0.2, -0.15) is 0 Å². The van der Waals surface area contributed by atoms with Crippen molar-refractivity contribution in [3.8, 4) is 5.69 Å². The van der Waals surface area contributed by atoms with Crippen molar-refractivity contribution in [1.29, 1.82) is 0 Å². The molecule has 0 aliphatic rings. The first-order valence-electron chi connectivity index (χ1n) is 7.21. The van der Waals surface area contributed by atoms with E-state index in [0.717, 1.165) is 21.4 Å². The maximum Gasteiger partial charge on any atom is 0.297 e. The minimum absolute atomic E-state index is 0.121. The molecule has 0 amide bonds. The van der Waals surface area contributed by atoms with Crippen LogP contribution in [0.25, 0.3) is 5.69 Å². The van der Waals surface area contributed by atoms with E-state index in [1.54, 1.807) is 10.9 Å². The number of hydrogen-bond donors (Lipinski definition) is 0. The third-order valence-corrected chi connectivity index (χ3v) is 4.27. The van der Waals surface area contributed by atoms with Crippen LogP contribution in [0, 0.1) is 6.92 Å². The number of aromatic nitrogens is 2. The number of halogens is 1. The minimum Gasteiger partial charge on any atom is -0.283 e. The molecule has 0 atom stereocenters. The maximum atomic E-state index is 12.7. The van der Waals surface area contributed by atoms with E-state index in [0.29, 0.717) is 5.69 Å². The molecule has 5 heteroatoms. The van der Waals surface area contributed by atoms with Crippen LogP contribution in [-0.2, 0) is 7.05 Å². The van der Waals surface area contributed by atoms with Crippen molar-refractivity contribution < 1.29 is 0 Å². The van der Waals surface area contributed by atoms with Gasteiger partial charge in [-0.3, -0.25) is 9.48 Å². The van der Waals surface area contributed by atoms with Gasteiger partial charge in [-0.1, -0.05) is 46.3 Å². The number of aliphatic imine (C=N–C) groups is 1. The quantitative estimate of drug-likeness (QED) is 0.643. The molecule has 2 aromatic carbocycles. The van der Waals surface area contributed by atoms with E-state index >= 15 is 0 Å². The van der Waals surface area contributed by atoms with Gasteiger partial charge in [0.25, 0.3) is 5.56 Å². The van der Waals surface area contributed by atoms with Crippen molar-refractivity contribution >= 4 is 27.8 Å². The van der Waals surface area contributed by atoms with E-state index in [1.165, 1.54) is 0 Å². The largest absolute Gasteiger partial charge is 0.297 e. The molecule has 0 spiro atoms. The summed E-state index contributed by atoms with van der Waals surface area (Å²) in [4.78, 5) is 17.1. The molecule has 0 aliphatic carbocycles. The number of benzene rings is 2. The fourth-order valence-electron chi connectivity index (χ4n) is 2.39. The van der Waals surface area contributed by atoms with Gasteiger partial charge in [0.1, 0.15) is 0 Å². The van der Waals surface area contributed by atoms with Crippen molar-refractivity contribution in [1.82, 2.24) is 9.36 Å². The van der Waals surface area contributed by atoms with E-state index in [9.17, 15) is 4.79 Å². The third-order valence-electron chi connectivity index (χ3n) is 3.74. The fraction of sp³-hybridized carbons (Fsp3) is 0.111. The van der Waals surface area contributed by atoms with E-state index < -0.39 is 0 Å². The molecule has 0 radical (unpaired) electrons. The molecule has 0 saturated carbocycles. The summed E-state index contributed by atoms with van der Waals surface area (Å²) in [5.74, 6) is 0. The molecule has 0 unspecified atom stereocenters. The summed E-state index contributed by atoms with van der Waals surface area (Å²) in [6, 6.07) is 17.3. The number of rotatable bonds is 3. The Labute approximate surface area is 142 Å². The first kappa shape index (κ1) is 15.5. The summed E-state index contributed by atoms with van der Waals surface area (Å²) in [7, 11) is 1.86. The monoisotopic (exact) mass is 369 g/mol. The van der Waals surface area contributed by atoms with Gasteiger partial charge in [0.05, 0.1) is 11.4 Å². The first-order chi connectivity index (χ1) is 11.1. The zero-order valence-electron chi connectivity index (χ0n) is 12.9. The van der Waals surface area contributed by atoms with Crippen molar-refractivity contribution in [2.45, 2.75) is 6.92 Å². The predicted molar refractivity (Wildman–Crippen MR) is 97.1 cm³/mol. The summed E-state index contributed by atoms with van der Waals surface area (Å²) in [6.07, 6.45) is 1.71.